The molecule has 1 saturated heterocycles. The lowest BCUT2D eigenvalue weighted by Crippen LogP contribution is -2.49. The van der Waals surface area contributed by atoms with Crippen LogP contribution in [0.25, 0.3) is 21.1 Å². The molecule has 4 aromatic rings. The van der Waals surface area contributed by atoms with Crippen LogP contribution in [0.4, 0.5) is 5.69 Å². The van der Waals surface area contributed by atoms with Crippen LogP contribution in [-0.4, -0.2) is 50.4 Å². The lowest BCUT2D eigenvalue weighted by atomic mass is 10.1. The Kier molecular flexibility index (Phi) is 4.70. The monoisotopic (exact) mass is 392 g/mol. The molecule has 2 aromatic carbocycles. The average molecular weight is 393 g/mol. The van der Waals surface area contributed by atoms with Gasteiger partial charge in [0, 0.05) is 37.3 Å². The van der Waals surface area contributed by atoms with Crippen molar-refractivity contribution in [3.05, 3.63) is 48.7 Å². The Hall–Kier alpha value is -2.51. The molecule has 0 N–H and O–H groups in total. The number of piperazine rings is 1. The fourth-order valence-corrected chi connectivity index (χ4v) is 4.79. The van der Waals surface area contributed by atoms with Gasteiger partial charge in [-0.15, -0.1) is 0 Å². The van der Waals surface area contributed by atoms with Gasteiger partial charge in [-0.25, -0.2) is 0 Å². The molecule has 0 bridgehead atoms. The summed E-state index contributed by atoms with van der Waals surface area (Å²) in [4.78, 5) is 6.96. The minimum absolute atomic E-state index is 0.221. The van der Waals surface area contributed by atoms with Gasteiger partial charge in [0.25, 0.3) is 0 Å². The van der Waals surface area contributed by atoms with E-state index in [1.54, 1.807) is 11.5 Å². The molecule has 5 rings (SSSR count). The van der Waals surface area contributed by atoms with E-state index in [9.17, 15) is 0 Å². The molecule has 0 aliphatic carbocycles. The Morgan fingerprint density at radius 1 is 0.964 bits per heavy atom. The van der Waals surface area contributed by atoms with Crippen LogP contribution >= 0.6 is 11.5 Å². The molecule has 1 unspecified atom stereocenters. The lowest BCUT2D eigenvalue weighted by Gasteiger charge is -2.39. The molecule has 0 amide bonds. The van der Waals surface area contributed by atoms with Crippen LogP contribution in [0.1, 0.15) is 25.9 Å². The highest BCUT2D eigenvalue weighted by Crippen LogP contribution is 2.30. The Morgan fingerprint density at radius 2 is 1.71 bits per heavy atom. The maximum atomic E-state index is 4.76. The molecular formula is C21H24N6S. The quantitative estimate of drug-likeness (QED) is 0.510. The zero-order valence-corrected chi connectivity index (χ0v) is 16.8. The summed E-state index contributed by atoms with van der Waals surface area (Å²) < 4.78 is 5.63. The number of fused-ring (bicyclic) bond motifs is 2. The summed E-state index contributed by atoms with van der Waals surface area (Å²) in [6.07, 6.45) is 4.40. The van der Waals surface area contributed by atoms with Crippen LogP contribution in [-0.2, 0) is 0 Å². The van der Waals surface area contributed by atoms with Crippen LogP contribution < -0.4 is 4.90 Å². The van der Waals surface area contributed by atoms with Crippen molar-refractivity contribution in [1.82, 2.24) is 24.3 Å². The number of hydrogen-bond donors (Lipinski definition) is 0. The van der Waals surface area contributed by atoms with Crippen LogP contribution in [0.15, 0.2) is 48.7 Å². The van der Waals surface area contributed by atoms with Gasteiger partial charge in [-0.3, -0.25) is 4.90 Å². The maximum Gasteiger partial charge on any atom is 0.124 e. The molecule has 0 spiro atoms. The van der Waals surface area contributed by atoms with Gasteiger partial charge in [-0.2, -0.15) is 19.4 Å². The molecule has 2 aromatic heterocycles. The van der Waals surface area contributed by atoms with Gasteiger partial charge >= 0.3 is 0 Å². The van der Waals surface area contributed by atoms with Crippen LogP contribution in [0.2, 0.25) is 0 Å². The first-order valence-corrected chi connectivity index (χ1v) is 10.7. The molecule has 3 heterocycles. The van der Waals surface area contributed by atoms with Crippen molar-refractivity contribution in [3.8, 4) is 0 Å². The summed E-state index contributed by atoms with van der Waals surface area (Å²) >= 11 is 1.57. The SMILES string of the molecule is CCCC(N1CCN(c2cccc3sncc23)CC1)n1nc2ccccc2n1. The van der Waals surface area contributed by atoms with Crippen molar-refractivity contribution in [2.75, 3.05) is 31.1 Å². The highest BCUT2D eigenvalue weighted by molar-refractivity contribution is 7.13. The van der Waals surface area contributed by atoms with E-state index in [0.29, 0.717) is 0 Å². The number of hydrogen-bond acceptors (Lipinski definition) is 6. The molecule has 28 heavy (non-hydrogen) atoms. The summed E-state index contributed by atoms with van der Waals surface area (Å²) in [7, 11) is 0. The molecule has 0 radical (unpaired) electrons. The van der Waals surface area contributed by atoms with Gasteiger partial charge in [-0.05, 0) is 42.2 Å². The van der Waals surface area contributed by atoms with Gasteiger partial charge in [0.15, 0.2) is 0 Å². The highest BCUT2D eigenvalue weighted by Gasteiger charge is 2.27. The topological polar surface area (TPSA) is 50.1 Å². The standard InChI is InChI=1S/C21H24N6S/c1-2-6-21(27-23-17-7-3-4-8-18(17)24-27)26-13-11-25(12-14-26)19-9-5-10-20-16(19)15-22-28-20/h3-5,7-10,15,21H,2,6,11-14H2,1H3. The third-order valence-electron chi connectivity index (χ3n) is 5.57. The number of benzene rings is 2. The normalized spacial score (nSPS) is 16.8. The smallest absolute Gasteiger partial charge is 0.124 e. The largest absolute Gasteiger partial charge is 0.368 e. The van der Waals surface area contributed by atoms with E-state index in [1.165, 1.54) is 15.8 Å². The van der Waals surface area contributed by atoms with Gasteiger partial charge in [0.2, 0.25) is 0 Å². The van der Waals surface area contributed by atoms with Crippen molar-refractivity contribution < 1.29 is 0 Å². The summed E-state index contributed by atoms with van der Waals surface area (Å²) in [6, 6.07) is 14.6. The van der Waals surface area contributed by atoms with Gasteiger partial charge in [0.05, 0.1) is 10.9 Å². The molecule has 1 fully saturated rings. The molecule has 1 aliphatic heterocycles. The third kappa shape index (κ3) is 3.14. The van der Waals surface area contributed by atoms with E-state index in [2.05, 4.69) is 39.3 Å². The Labute approximate surface area is 168 Å². The van der Waals surface area contributed by atoms with Crippen molar-refractivity contribution >= 4 is 38.3 Å². The predicted octanol–water partition coefficient (Wildman–Crippen LogP) is 4.16. The fraction of sp³-hybridized carbons (Fsp3) is 0.381. The second-order valence-corrected chi connectivity index (χ2v) is 8.15. The molecular weight excluding hydrogens is 368 g/mol. The minimum Gasteiger partial charge on any atom is -0.368 e. The van der Waals surface area contributed by atoms with Crippen molar-refractivity contribution in [1.29, 1.82) is 0 Å². The van der Waals surface area contributed by atoms with Crippen LogP contribution in [0.3, 0.4) is 0 Å². The van der Waals surface area contributed by atoms with Gasteiger partial charge < -0.3 is 4.90 Å². The molecule has 1 atom stereocenters. The molecule has 7 heteroatoms. The molecule has 1 aliphatic rings. The van der Waals surface area contributed by atoms with Crippen molar-refractivity contribution in [3.63, 3.8) is 0 Å². The summed E-state index contributed by atoms with van der Waals surface area (Å²) in [6.45, 7) is 6.27. The Bertz CT molecular complexity index is 1050. The van der Waals surface area contributed by atoms with E-state index < -0.39 is 0 Å². The van der Waals surface area contributed by atoms with Gasteiger partial charge in [-0.1, -0.05) is 31.5 Å². The number of nitrogens with zero attached hydrogens (tertiary/aromatic N) is 6. The van der Waals surface area contributed by atoms with E-state index >= 15 is 0 Å². The third-order valence-corrected chi connectivity index (χ3v) is 6.33. The number of anilines is 1. The highest BCUT2D eigenvalue weighted by atomic mass is 32.1. The lowest BCUT2D eigenvalue weighted by molar-refractivity contribution is 0.0985. The van der Waals surface area contributed by atoms with E-state index in [4.69, 9.17) is 10.2 Å². The van der Waals surface area contributed by atoms with Crippen LogP contribution in [0, 0.1) is 0 Å². The average Bonchev–Trinajstić information content (AvgIpc) is 3.38. The number of rotatable bonds is 5. The first kappa shape index (κ1) is 17.6. The number of aromatic nitrogens is 4. The summed E-state index contributed by atoms with van der Waals surface area (Å²) in [5, 5.41) is 10.8. The van der Waals surface area contributed by atoms with Gasteiger partial charge in [0.1, 0.15) is 17.2 Å². The van der Waals surface area contributed by atoms with Crippen molar-refractivity contribution in [2.45, 2.75) is 25.9 Å². The second kappa shape index (κ2) is 7.48. The zero-order chi connectivity index (χ0) is 18.9. The predicted molar refractivity (Wildman–Crippen MR) is 115 cm³/mol. The minimum atomic E-state index is 0.221. The molecule has 0 saturated carbocycles. The first-order chi connectivity index (χ1) is 13.8. The Balaban J connectivity index is 1.36. The Morgan fingerprint density at radius 3 is 2.43 bits per heavy atom. The summed E-state index contributed by atoms with van der Waals surface area (Å²) in [5.41, 5.74) is 3.25. The molecule has 144 valence electrons. The fourth-order valence-electron chi connectivity index (χ4n) is 4.13. The zero-order valence-electron chi connectivity index (χ0n) is 16.0. The summed E-state index contributed by atoms with van der Waals surface area (Å²) in [5.74, 6) is 0. The maximum absolute atomic E-state index is 4.76. The first-order valence-electron chi connectivity index (χ1n) is 9.97. The van der Waals surface area contributed by atoms with E-state index in [0.717, 1.165) is 50.1 Å². The molecule has 6 nitrogen and oxygen atoms in total. The van der Waals surface area contributed by atoms with Crippen molar-refractivity contribution in [2.24, 2.45) is 0 Å². The van der Waals surface area contributed by atoms with E-state index in [-0.39, 0.29) is 6.17 Å². The van der Waals surface area contributed by atoms with Crippen LogP contribution in [0.5, 0.6) is 0 Å². The van der Waals surface area contributed by atoms with E-state index in [1.807, 2.05) is 35.3 Å². The second-order valence-electron chi connectivity index (χ2n) is 7.32.